The molecule has 0 radical (unpaired) electrons. The summed E-state index contributed by atoms with van der Waals surface area (Å²) in [6.07, 6.45) is 6.96. The van der Waals surface area contributed by atoms with Crippen molar-refractivity contribution in [2.75, 3.05) is 13.7 Å². The fraction of sp³-hybridized carbons (Fsp3) is 0.857. The number of hydrogen-bond donors (Lipinski definition) is 0. The molecule has 1 aliphatic rings. The van der Waals surface area contributed by atoms with Crippen LogP contribution in [0, 0.1) is 0 Å². The number of carbonyl (C=O) groups is 1. The number of hydrogen-bond acceptors (Lipinski definition) is 4. The largest absolute Gasteiger partial charge is 0.473 e. The number of methoxy groups -OCH3 is 1. The van der Waals surface area contributed by atoms with E-state index in [1.54, 1.807) is 0 Å². The van der Waals surface area contributed by atoms with Crippen molar-refractivity contribution in [1.29, 1.82) is 0 Å². The van der Waals surface area contributed by atoms with E-state index in [1.165, 1.54) is 13.5 Å². The number of esters is 1. The lowest BCUT2D eigenvalue weighted by molar-refractivity contribution is -0.140. The van der Waals surface area contributed by atoms with Gasteiger partial charge in [0.05, 0.1) is 13.7 Å². The third-order valence-corrected chi connectivity index (χ3v) is 3.03. The lowest BCUT2D eigenvalue weighted by Gasteiger charge is -2.17. The smallest absolute Gasteiger partial charge is 0.305 e. The van der Waals surface area contributed by atoms with E-state index in [0.717, 1.165) is 44.5 Å². The fourth-order valence-electron chi connectivity index (χ4n) is 1.97. The molecule has 1 heterocycles. The van der Waals surface area contributed by atoms with E-state index in [1.807, 2.05) is 0 Å². The van der Waals surface area contributed by atoms with Crippen LogP contribution in [0.3, 0.4) is 0 Å². The maximum Gasteiger partial charge on any atom is 0.305 e. The first-order valence-corrected chi connectivity index (χ1v) is 6.83. The molecule has 0 amide bonds. The second kappa shape index (κ2) is 7.39. The molecule has 104 valence electrons. The molecule has 0 spiro atoms. The molecule has 0 unspecified atom stereocenters. The van der Waals surface area contributed by atoms with Crippen molar-refractivity contribution >= 4 is 11.9 Å². The Morgan fingerprint density at radius 2 is 1.94 bits per heavy atom. The number of carbonyl (C=O) groups excluding carboxylic acids is 1. The van der Waals surface area contributed by atoms with E-state index in [2.05, 4.69) is 23.6 Å². The summed E-state index contributed by atoms with van der Waals surface area (Å²) < 4.78 is 10.3. The third kappa shape index (κ3) is 6.03. The molecule has 1 aliphatic heterocycles. The molecular weight excluding hydrogens is 230 g/mol. The van der Waals surface area contributed by atoms with E-state index in [4.69, 9.17) is 4.74 Å². The summed E-state index contributed by atoms with van der Waals surface area (Å²) in [7, 11) is 1.44. The average Bonchev–Trinajstić information content (AvgIpc) is 2.67. The molecule has 0 aromatic rings. The van der Waals surface area contributed by atoms with Crippen molar-refractivity contribution in [2.24, 2.45) is 4.99 Å². The minimum absolute atomic E-state index is 0.101. The fourth-order valence-corrected chi connectivity index (χ4v) is 1.97. The maximum absolute atomic E-state index is 10.9. The monoisotopic (exact) mass is 255 g/mol. The van der Waals surface area contributed by atoms with Gasteiger partial charge in [0, 0.05) is 12.8 Å². The molecule has 4 heteroatoms. The van der Waals surface area contributed by atoms with E-state index in [0.29, 0.717) is 6.42 Å². The van der Waals surface area contributed by atoms with Gasteiger partial charge in [-0.15, -0.1) is 0 Å². The highest BCUT2D eigenvalue weighted by molar-refractivity contribution is 5.78. The van der Waals surface area contributed by atoms with Crippen LogP contribution in [0.2, 0.25) is 0 Å². The van der Waals surface area contributed by atoms with Crippen LogP contribution >= 0.6 is 0 Å². The van der Waals surface area contributed by atoms with Crippen LogP contribution in [0.15, 0.2) is 4.99 Å². The van der Waals surface area contributed by atoms with E-state index >= 15 is 0 Å². The highest BCUT2D eigenvalue weighted by atomic mass is 16.5. The topological polar surface area (TPSA) is 47.9 Å². The second-order valence-electron chi connectivity index (χ2n) is 5.42. The van der Waals surface area contributed by atoms with Crippen molar-refractivity contribution in [3.63, 3.8) is 0 Å². The Morgan fingerprint density at radius 3 is 2.56 bits per heavy atom. The van der Waals surface area contributed by atoms with E-state index in [-0.39, 0.29) is 11.6 Å². The molecule has 0 N–H and O–H groups in total. The molecule has 0 atom stereocenters. The molecule has 0 aromatic heterocycles. The Labute approximate surface area is 110 Å². The number of ether oxygens (including phenoxy) is 2. The van der Waals surface area contributed by atoms with Crippen molar-refractivity contribution in [2.45, 2.75) is 64.4 Å². The zero-order chi connectivity index (χ0) is 13.4. The summed E-state index contributed by atoms with van der Waals surface area (Å²) in [5.41, 5.74) is -0.101. The Morgan fingerprint density at radius 1 is 1.28 bits per heavy atom. The third-order valence-electron chi connectivity index (χ3n) is 3.03. The average molecular weight is 255 g/mol. The summed E-state index contributed by atoms with van der Waals surface area (Å²) in [4.78, 5) is 15.3. The molecule has 0 bridgehead atoms. The first kappa shape index (κ1) is 15.0. The molecule has 0 fully saturated rings. The lowest BCUT2D eigenvalue weighted by Crippen LogP contribution is -2.24. The van der Waals surface area contributed by atoms with Gasteiger partial charge < -0.3 is 9.47 Å². The number of nitrogens with zero attached hydrogens (tertiary/aromatic N) is 1. The van der Waals surface area contributed by atoms with Crippen LogP contribution < -0.4 is 0 Å². The Kier molecular flexibility index (Phi) is 6.16. The van der Waals surface area contributed by atoms with Crippen molar-refractivity contribution in [1.82, 2.24) is 0 Å². The quantitative estimate of drug-likeness (QED) is 0.494. The van der Waals surface area contributed by atoms with Gasteiger partial charge in [-0.3, -0.25) is 9.79 Å². The molecule has 0 saturated heterocycles. The van der Waals surface area contributed by atoms with Gasteiger partial charge in [-0.1, -0.05) is 19.3 Å². The molecular formula is C14H25NO3. The van der Waals surface area contributed by atoms with E-state index in [9.17, 15) is 4.79 Å². The van der Waals surface area contributed by atoms with Gasteiger partial charge in [0.2, 0.25) is 0 Å². The summed E-state index contributed by atoms with van der Waals surface area (Å²) in [5.74, 6) is 0.806. The molecule has 0 aliphatic carbocycles. The van der Waals surface area contributed by atoms with Crippen LogP contribution in [0.1, 0.15) is 58.8 Å². The highest BCUT2D eigenvalue weighted by Crippen LogP contribution is 2.20. The molecule has 4 nitrogen and oxygen atoms in total. The van der Waals surface area contributed by atoms with Gasteiger partial charge in [0.1, 0.15) is 5.60 Å². The van der Waals surface area contributed by atoms with Gasteiger partial charge in [-0.05, 0) is 26.7 Å². The van der Waals surface area contributed by atoms with Gasteiger partial charge in [-0.2, -0.15) is 0 Å². The summed E-state index contributed by atoms with van der Waals surface area (Å²) in [6.45, 7) is 4.91. The second-order valence-corrected chi connectivity index (χ2v) is 5.42. The highest BCUT2D eigenvalue weighted by Gasteiger charge is 2.26. The zero-order valence-electron chi connectivity index (χ0n) is 11.8. The van der Waals surface area contributed by atoms with Crippen molar-refractivity contribution < 1.29 is 14.3 Å². The first-order chi connectivity index (χ1) is 8.53. The van der Waals surface area contributed by atoms with Gasteiger partial charge in [0.15, 0.2) is 5.90 Å². The SMILES string of the molecule is COC(=O)CCCCCCCC1=NCC(C)(C)O1. The normalized spacial score (nSPS) is 17.2. The number of unbranched alkanes of at least 4 members (excludes halogenated alkanes) is 4. The minimum Gasteiger partial charge on any atom is -0.473 e. The van der Waals surface area contributed by atoms with Crippen molar-refractivity contribution in [3.05, 3.63) is 0 Å². The van der Waals surface area contributed by atoms with Gasteiger partial charge >= 0.3 is 5.97 Å². The maximum atomic E-state index is 10.9. The Balaban J connectivity index is 1.92. The molecule has 0 saturated carbocycles. The van der Waals surface area contributed by atoms with Gasteiger partial charge in [0.25, 0.3) is 0 Å². The summed E-state index contributed by atoms with van der Waals surface area (Å²) >= 11 is 0. The molecule has 18 heavy (non-hydrogen) atoms. The minimum atomic E-state index is -0.106. The molecule has 1 rings (SSSR count). The van der Waals surface area contributed by atoms with Crippen LogP contribution in [0.25, 0.3) is 0 Å². The predicted octanol–water partition coefficient (Wildman–Crippen LogP) is 3.10. The predicted molar refractivity (Wildman–Crippen MR) is 71.8 cm³/mol. The van der Waals surface area contributed by atoms with Crippen LogP contribution in [-0.4, -0.2) is 31.1 Å². The Bertz CT molecular complexity index is 297. The van der Waals surface area contributed by atoms with Gasteiger partial charge in [-0.25, -0.2) is 0 Å². The van der Waals surface area contributed by atoms with Crippen LogP contribution in [0.4, 0.5) is 0 Å². The number of rotatable bonds is 8. The Hall–Kier alpha value is -1.06. The van der Waals surface area contributed by atoms with Crippen LogP contribution in [0.5, 0.6) is 0 Å². The standard InChI is InChI=1S/C14H25NO3/c1-14(2)11-15-12(18-14)9-7-5-4-6-8-10-13(16)17-3/h4-11H2,1-3H3. The van der Waals surface area contributed by atoms with Crippen LogP contribution in [-0.2, 0) is 14.3 Å². The zero-order valence-corrected chi connectivity index (χ0v) is 11.8. The molecule has 0 aromatic carbocycles. The van der Waals surface area contributed by atoms with Crippen molar-refractivity contribution in [3.8, 4) is 0 Å². The summed E-state index contributed by atoms with van der Waals surface area (Å²) in [5, 5.41) is 0. The van der Waals surface area contributed by atoms with E-state index < -0.39 is 0 Å². The first-order valence-electron chi connectivity index (χ1n) is 6.83. The number of aliphatic imine (C=N–C) groups is 1. The summed E-state index contributed by atoms with van der Waals surface area (Å²) in [6, 6.07) is 0. The lowest BCUT2D eigenvalue weighted by atomic mass is 10.1.